The number of esters is 1. The third-order valence-electron chi connectivity index (χ3n) is 4.36. The van der Waals surface area contributed by atoms with E-state index in [0.29, 0.717) is 24.5 Å². The number of hydrazone groups is 1. The number of non-ortho nitro benzene ring substituents is 1. The molecule has 0 fully saturated rings. The smallest absolute Gasteiger partial charge is 0.343 e. The maximum Gasteiger partial charge on any atom is 0.343 e. The van der Waals surface area contributed by atoms with Crippen molar-refractivity contribution in [2.24, 2.45) is 5.10 Å². The van der Waals surface area contributed by atoms with Crippen LogP contribution in [0.4, 0.5) is 5.69 Å². The lowest BCUT2D eigenvalue weighted by atomic mass is 10.1. The SMILES string of the molecule is Cc1cccc(C(=O)Oc2c(Br)cc(Br)cc2C=NNC(=O)COc2ccc([N+](=O)[O-])cc2Br)c1. The van der Waals surface area contributed by atoms with Crippen LogP contribution in [0, 0.1) is 17.0 Å². The van der Waals surface area contributed by atoms with Gasteiger partial charge in [-0.3, -0.25) is 14.9 Å². The van der Waals surface area contributed by atoms with Crippen LogP contribution in [-0.4, -0.2) is 29.6 Å². The summed E-state index contributed by atoms with van der Waals surface area (Å²) < 4.78 is 12.5. The van der Waals surface area contributed by atoms with Crippen LogP contribution in [-0.2, 0) is 4.79 Å². The molecule has 0 unspecified atom stereocenters. The Bertz CT molecular complexity index is 1330. The summed E-state index contributed by atoms with van der Waals surface area (Å²) in [5.41, 5.74) is 3.94. The summed E-state index contributed by atoms with van der Waals surface area (Å²) in [6, 6.07) is 14.3. The Morgan fingerprint density at radius 1 is 1.09 bits per heavy atom. The fourth-order valence-corrected chi connectivity index (χ4v) is 4.60. The number of nitro benzene ring substituents is 1. The maximum atomic E-state index is 12.6. The molecule has 12 heteroatoms. The topological polar surface area (TPSA) is 120 Å². The van der Waals surface area contributed by atoms with Gasteiger partial charge in [-0.1, -0.05) is 33.6 Å². The van der Waals surface area contributed by atoms with E-state index >= 15 is 0 Å². The summed E-state index contributed by atoms with van der Waals surface area (Å²) in [6.07, 6.45) is 1.33. The minimum Gasteiger partial charge on any atom is -0.483 e. The second kappa shape index (κ2) is 12.0. The van der Waals surface area contributed by atoms with Gasteiger partial charge in [0.05, 0.1) is 25.6 Å². The van der Waals surface area contributed by atoms with E-state index < -0.39 is 16.8 Å². The average molecular weight is 670 g/mol. The van der Waals surface area contributed by atoms with Gasteiger partial charge in [0.1, 0.15) is 5.75 Å². The number of halogens is 3. The third kappa shape index (κ3) is 7.44. The largest absolute Gasteiger partial charge is 0.483 e. The number of rotatable bonds is 8. The summed E-state index contributed by atoms with van der Waals surface area (Å²) in [4.78, 5) is 35.0. The molecule has 0 spiro atoms. The lowest BCUT2D eigenvalue weighted by Crippen LogP contribution is -2.24. The average Bonchev–Trinajstić information content (AvgIpc) is 2.80. The van der Waals surface area contributed by atoms with Crippen LogP contribution in [0.5, 0.6) is 11.5 Å². The molecule has 0 saturated carbocycles. The van der Waals surface area contributed by atoms with E-state index in [1.807, 2.05) is 13.0 Å². The molecule has 0 aliphatic rings. The molecule has 0 heterocycles. The van der Waals surface area contributed by atoms with Crippen LogP contribution in [0.1, 0.15) is 21.5 Å². The van der Waals surface area contributed by atoms with E-state index in [-0.39, 0.29) is 23.8 Å². The number of nitrogens with zero attached hydrogens (tertiary/aromatic N) is 2. The van der Waals surface area contributed by atoms with Gasteiger partial charge in [-0.15, -0.1) is 0 Å². The van der Waals surface area contributed by atoms with Crippen LogP contribution in [0.15, 0.2) is 73.1 Å². The van der Waals surface area contributed by atoms with E-state index in [2.05, 4.69) is 58.3 Å². The van der Waals surface area contributed by atoms with E-state index in [9.17, 15) is 19.7 Å². The molecule has 0 radical (unpaired) electrons. The lowest BCUT2D eigenvalue weighted by Gasteiger charge is -2.11. The zero-order valence-corrected chi connectivity index (χ0v) is 22.7. The van der Waals surface area contributed by atoms with Gasteiger partial charge in [-0.25, -0.2) is 10.2 Å². The van der Waals surface area contributed by atoms with E-state index in [0.717, 1.165) is 5.56 Å². The molecule has 3 rings (SSSR count). The molecule has 0 aliphatic carbocycles. The van der Waals surface area contributed by atoms with Crippen molar-refractivity contribution < 1.29 is 24.0 Å². The van der Waals surface area contributed by atoms with Crippen LogP contribution in [0.2, 0.25) is 0 Å². The van der Waals surface area contributed by atoms with E-state index in [4.69, 9.17) is 9.47 Å². The summed E-state index contributed by atoms with van der Waals surface area (Å²) >= 11 is 9.93. The molecule has 0 saturated heterocycles. The zero-order chi connectivity index (χ0) is 25.5. The Balaban J connectivity index is 1.66. The number of nitro groups is 1. The number of aryl methyl sites for hydroxylation is 1. The van der Waals surface area contributed by atoms with Gasteiger partial charge in [0.15, 0.2) is 12.4 Å². The van der Waals surface area contributed by atoms with Crippen LogP contribution in [0.3, 0.4) is 0 Å². The molecule has 0 aromatic heterocycles. The third-order valence-corrected chi connectivity index (χ3v) is 6.03. The van der Waals surface area contributed by atoms with E-state index in [1.165, 1.54) is 24.4 Å². The molecule has 1 amide bonds. The second-order valence-electron chi connectivity index (χ2n) is 7.02. The number of carbonyl (C=O) groups is 2. The van der Waals surface area contributed by atoms with Crippen molar-refractivity contribution in [3.05, 3.63) is 94.8 Å². The molecule has 9 nitrogen and oxygen atoms in total. The first kappa shape index (κ1) is 26.5. The van der Waals surface area contributed by atoms with Gasteiger partial charge in [0, 0.05) is 22.2 Å². The number of amides is 1. The Morgan fingerprint density at radius 3 is 2.54 bits per heavy atom. The van der Waals surface area contributed by atoms with Gasteiger partial charge in [-0.05, 0) is 69.1 Å². The van der Waals surface area contributed by atoms with Crippen LogP contribution >= 0.6 is 47.8 Å². The highest BCUT2D eigenvalue weighted by Crippen LogP contribution is 2.33. The summed E-state index contributed by atoms with van der Waals surface area (Å²) in [5.74, 6) is -0.629. The summed E-state index contributed by atoms with van der Waals surface area (Å²) in [5, 5.41) is 14.7. The van der Waals surface area contributed by atoms with E-state index in [1.54, 1.807) is 30.3 Å². The highest BCUT2D eigenvalue weighted by Gasteiger charge is 2.16. The van der Waals surface area contributed by atoms with Gasteiger partial charge in [-0.2, -0.15) is 5.10 Å². The Kier molecular flexibility index (Phi) is 9.13. The fourth-order valence-electron chi connectivity index (χ4n) is 2.78. The predicted molar refractivity (Wildman–Crippen MR) is 140 cm³/mol. The van der Waals surface area contributed by atoms with Gasteiger partial charge in [0.25, 0.3) is 11.6 Å². The maximum absolute atomic E-state index is 12.6. The minimum atomic E-state index is -0.570. The van der Waals surface area contributed by atoms with Crippen molar-refractivity contribution in [1.82, 2.24) is 5.43 Å². The van der Waals surface area contributed by atoms with Crippen molar-refractivity contribution in [2.45, 2.75) is 6.92 Å². The Morgan fingerprint density at radius 2 is 1.86 bits per heavy atom. The molecule has 0 atom stereocenters. The minimum absolute atomic E-state index is 0.114. The highest BCUT2D eigenvalue weighted by molar-refractivity contribution is 9.11. The monoisotopic (exact) mass is 667 g/mol. The number of benzene rings is 3. The zero-order valence-electron chi connectivity index (χ0n) is 18.0. The molecule has 0 aliphatic heterocycles. The van der Waals surface area contributed by atoms with Gasteiger partial charge in [0.2, 0.25) is 0 Å². The van der Waals surface area contributed by atoms with Crippen molar-refractivity contribution in [3.63, 3.8) is 0 Å². The normalized spacial score (nSPS) is 10.7. The van der Waals surface area contributed by atoms with Crippen LogP contribution in [0.25, 0.3) is 0 Å². The van der Waals surface area contributed by atoms with Crippen molar-refractivity contribution in [1.29, 1.82) is 0 Å². The van der Waals surface area contributed by atoms with Crippen molar-refractivity contribution in [2.75, 3.05) is 6.61 Å². The second-order valence-corrected chi connectivity index (χ2v) is 9.64. The number of hydrogen-bond donors (Lipinski definition) is 1. The Hall–Kier alpha value is -3.09. The van der Waals surface area contributed by atoms with Gasteiger partial charge >= 0.3 is 5.97 Å². The highest BCUT2D eigenvalue weighted by atomic mass is 79.9. The van der Waals surface area contributed by atoms with Gasteiger partial charge < -0.3 is 9.47 Å². The molecule has 0 bridgehead atoms. The van der Waals surface area contributed by atoms with Crippen LogP contribution < -0.4 is 14.9 Å². The molecule has 180 valence electrons. The lowest BCUT2D eigenvalue weighted by molar-refractivity contribution is -0.384. The number of carbonyl (C=O) groups excluding carboxylic acids is 2. The fraction of sp³-hybridized carbons (Fsp3) is 0.0870. The number of ether oxygens (including phenoxy) is 2. The van der Waals surface area contributed by atoms with Crippen molar-refractivity contribution >= 4 is 71.6 Å². The standard InChI is InChI=1S/C23H16Br3N3O6/c1-13-3-2-4-14(7-13)23(31)35-22-15(8-16(24)9-19(22)26)11-27-28-21(30)12-34-20-6-5-17(29(32)33)10-18(20)25/h2-11H,12H2,1H3,(H,28,30). The summed E-state index contributed by atoms with van der Waals surface area (Å²) in [6.45, 7) is 1.49. The molecule has 3 aromatic carbocycles. The first-order valence-corrected chi connectivity index (χ1v) is 12.2. The van der Waals surface area contributed by atoms with Crippen molar-refractivity contribution in [3.8, 4) is 11.5 Å². The molecular formula is C23H16Br3N3O6. The molecule has 1 N–H and O–H groups in total. The molecule has 3 aromatic rings. The predicted octanol–water partition coefficient (Wildman–Crippen LogP) is 5.94. The quantitative estimate of drug-likeness (QED) is 0.104. The molecular weight excluding hydrogens is 654 g/mol. The molecule has 35 heavy (non-hydrogen) atoms. The first-order valence-electron chi connectivity index (χ1n) is 9.80. The Labute approximate surface area is 225 Å². The summed E-state index contributed by atoms with van der Waals surface area (Å²) in [7, 11) is 0. The number of hydrogen-bond acceptors (Lipinski definition) is 7. The first-order chi connectivity index (χ1) is 16.6. The number of nitrogens with one attached hydrogen (secondary N) is 1.